The number of hydrogen-bond acceptors (Lipinski definition) is 2. The number of rotatable bonds is 2. The molecule has 0 fully saturated rings. The van der Waals surface area contributed by atoms with Crippen LogP contribution in [0.1, 0.15) is 27.2 Å². The number of amides is 1. The molecule has 0 atom stereocenters. The molecule has 0 radical (unpaired) electrons. The van der Waals surface area contributed by atoms with Gasteiger partial charge in [-0.1, -0.05) is 17.7 Å². The van der Waals surface area contributed by atoms with E-state index in [9.17, 15) is 4.79 Å². The third-order valence-electron chi connectivity index (χ3n) is 2.91. The summed E-state index contributed by atoms with van der Waals surface area (Å²) < 4.78 is 0.847. The Morgan fingerprint density at radius 2 is 1.95 bits per heavy atom. The number of nitrogens with zero attached hydrogens (tertiary/aromatic N) is 1. The lowest BCUT2D eigenvalue weighted by Gasteiger charge is -2.12. The topological polar surface area (TPSA) is 42.0 Å². The van der Waals surface area contributed by atoms with E-state index in [1.54, 1.807) is 6.07 Å². The molecule has 0 aliphatic carbocycles. The Morgan fingerprint density at radius 1 is 1.25 bits per heavy atom. The van der Waals surface area contributed by atoms with E-state index < -0.39 is 0 Å². The average Bonchev–Trinajstić information content (AvgIpc) is 2.33. The molecule has 1 aromatic heterocycles. The minimum atomic E-state index is -0.268. The zero-order chi connectivity index (χ0) is 14.9. The third-order valence-corrected chi connectivity index (χ3v) is 3.84. The van der Waals surface area contributed by atoms with Gasteiger partial charge in [0.2, 0.25) is 0 Å². The molecule has 1 heterocycles. The van der Waals surface area contributed by atoms with Gasteiger partial charge in [-0.3, -0.25) is 9.78 Å². The first kappa shape index (κ1) is 15.0. The summed E-state index contributed by atoms with van der Waals surface area (Å²) in [5, 5.41) is 3.27. The second kappa shape index (κ2) is 5.94. The molecule has 2 rings (SSSR count). The van der Waals surface area contributed by atoms with Gasteiger partial charge < -0.3 is 5.32 Å². The molecule has 1 amide bonds. The van der Waals surface area contributed by atoms with Crippen molar-refractivity contribution in [3.05, 3.63) is 56.3 Å². The summed E-state index contributed by atoms with van der Waals surface area (Å²) in [6.07, 6.45) is 1.49. The number of aromatic nitrogens is 1. The fourth-order valence-electron chi connectivity index (χ4n) is 1.95. The van der Waals surface area contributed by atoms with Gasteiger partial charge in [0.05, 0.1) is 16.3 Å². The van der Waals surface area contributed by atoms with Gasteiger partial charge in [0.25, 0.3) is 5.91 Å². The predicted molar refractivity (Wildman–Crippen MR) is 85.6 cm³/mol. The van der Waals surface area contributed by atoms with Gasteiger partial charge in [-0.05, 0) is 60.0 Å². The van der Waals surface area contributed by atoms with Crippen molar-refractivity contribution in [2.45, 2.75) is 20.8 Å². The van der Waals surface area contributed by atoms with E-state index in [0.717, 1.165) is 27.0 Å². The number of hydrogen-bond donors (Lipinski definition) is 1. The summed E-state index contributed by atoms with van der Waals surface area (Å²) in [5.41, 5.74) is 4.00. The van der Waals surface area contributed by atoms with Crippen molar-refractivity contribution in [2.24, 2.45) is 0 Å². The molecule has 5 heteroatoms. The lowest BCUT2D eigenvalue weighted by Crippen LogP contribution is -2.14. The third kappa shape index (κ3) is 3.19. The van der Waals surface area contributed by atoms with Crippen molar-refractivity contribution in [2.75, 3.05) is 5.32 Å². The van der Waals surface area contributed by atoms with Crippen molar-refractivity contribution in [3.63, 3.8) is 0 Å². The first-order valence-electron chi connectivity index (χ1n) is 6.08. The van der Waals surface area contributed by atoms with Gasteiger partial charge in [-0.15, -0.1) is 0 Å². The second-order valence-electron chi connectivity index (χ2n) is 4.70. The Bertz CT molecular complexity index is 663. The molecular weight excluding hydrogens is 340 g/mol. The maximum absolute atomic E-state index is 12.3. The first-order valence-corrected chi connectivity index (χ1v) is 7.26. The molecule has 0 bridgehead atoms. The van der Waals surface area contributed by atoms with Crippen LogP contribution in [0, 0.1) is 20.8 Å². The minimum Gasteiger partial charge on any atom is -0.321 e. The lowest BCUT2D eigenvalue weighted by atomic mass is 10.1. The fraction of sp³-hybridized carbons (Fsp3) is 0.200. The van der Waals surface area contributed by atoms with E-state index in [1.807, 2.05) is 32.9 Å². The van der Waals surface area contributed by atoms with Gasteiger partial charge in [0.1, 0.15) is 0 Å². The normalized spacial score (nSPS) is 10.4. The van der Waals surface area contributed by atoms with Crippen molar-refractivity contribution in [1.82, 2.24) is 4.98 Å². The highest BCUT2D eigenvalue weighted by Crippen LogP contribution is 2.28. The van der Waals surface area contributed by atoms with E-state index in [0.29, 0.717) is 10.6 Å². The molecule has 0 aliphatic rings. The summed E-state index contributed by atoms with van der Waals surface area (Å²) in [6, 6.07) is 5.64. The maximum atomic E-state index is 12.3. The summed E-state index contributed by atoms with van der Waals surface area (Å²) in [7, 11) is 0. The molecular formula is C15H14BrClN2O. The van der Waals surface area contributed by atoms with Gasteiger partial charge >= 0.3 is 0 Å². The minimum absolute atomic E-state index is 0.268. The van der Waals surface area contributed by atoms with Gasteiger partial charge in [0.15, 0.2) is 0 Å². The average molecular weight is 354 g/mol. The molecule has 2 aromatic rings. The Labute approximate surface area is 131 Å². The van der Waals surface area contributed by atoms with Crippen LogP contribution in [0.3, 0.4) is 0 Å². The number of halogens is 2. The lowest BCUT2D eigenvalue weighted by molar-refractivity contribution is 0.102. The number of carbonyl (C=O) groups is 1. The summed E-state index contributed by atoms with van der Waals surface area (Å²) in [6.45, 7) is 5.78. The number of aryl methyl sites for hydroxylation is 3. The highest BCUT2D eigenvalue weighted by atomic mass is 79.9. The smallest absolute Gasteiger partial charge is 0.258 e. The molecule has 0 spiro atoms. The number of pyridine rings is 1. The largest absolute Gasteiger partial charge is 0.321 e. The Morgan fingerprint density at radius 3 is 2.55 bits per heavy atom. The van der Waals surface area contributed by atoms with Gasteiger partial charge in [0, 0.05) is 16.4 Å². The Hall–Kier alpha value is -1.39. The van der Waals surface area contributed by atoms with E-state index >= 15 is 0 Å². The monoisotopic (exact) mass is 352 g/mol. The number of carbonyl (C=O) groups excluding carboxylic acids is 1. The maximum Gasteiger partial charge on any atom is 0.258 e. The second-order valence-corrected chi connectivity index (χ2v) is 5.96. The summed E-state index contributed by atoms with van der Waals surface area (Å²) in [4.78, 5) is 16.4. The highest BCUT2D eigenvalue weighted by Gasteiger charge is 2.14. The van der Waals surface area contributed by atoms with Crippen LogP contribution >= 0.6 is 27.5 Å². The standard InChI is InChI=1S/C15H14BrClN2O/c1-8-4-9(2)14(12(16)5-8)19-15(20)11-7-18-10(3)6-13(11)17/h4-7H,1-3H3,(H,19,20). The number of nitrogens with one attached hydrogen (secondary N) is 1. The van der Waals surface area contributed by atoms with Crippen LogP contribution < -0.4 is 5.32 Å². The van der Waals surface area contributed by atoms with E-state index in [2.05, 4.69) is 26.2 Å². The molecule has 0 saturated heterocycles. The Balaban J connectivity index is 2.33. The molecule has 0 aliphatic heterocycles. The highest BCUT2D eigenvalue weighted by molar-refractivity contribution is 9.10. The van der Waals surface area contributed by atoms with Crippen molar-refractivity contribution in [1.29, 1.82) is 0 Å². The molecule has 20 heavy (non-hydrogen) atoms. The zero-order valence-corrected chi connectivity index (χ0v) is 13.8. The van der Waals surface area contributed by atoms with Crippen LogP contribution in [0.25, 0.3) is 0 Å². The van der Waals surface area contributed by atoms with Crippen LogP contribution in [0.2, 0.25) is 5.02 Å². The Kier molecular flexibility index (Phi) is 4.45. The van der Waals surface area contributed by atoms with Crippen LogP contribution in [-0.2, 0) is 0 Å². The van der Waals surface area contributed by atoms with Crippen molar-refractivity contribution < 1.29 is 4.79 Å². The van der Waals surface area contributed by atoms with Crippen LogP contribution in [0.4, 0.5) is 5.69 Å². The predicted octanol–water partition coefficient (Wildman–Crippen LogP) is 4.68. The first-order chi connectivity index (χ1) is 9.38. The number of anilines is 1. The molecule has 0 unspecified atom stereocenters. The zero-order valence-electron chi connectivity index (χ0n) is 11.4. The van der Waals surface area contributed by atoms with Crippen LogP contribution in [-0.4, -0.2) is 10.9 Å². The SMILES string of the molecule is Cc1cc(C)c(NC(=O)c2cnc(C)cc2Cl)c(Br)c1. The van der Waals surface area contributed by atoms with Crippen molar-refractivity contribution >= 4 is 39.1 Å². The fourth-order valence-corrected chi connectivity index (χ4v) is 3.01. The van der Waals surface area contributed by atoms with Gasteiger partial charge in [-0.25, -0.2) is 0 Å². The molecule has 0 saturated carbocycles. The molecule has 104 valence electrons. The molecule has 3 nitrogen and oxygen atoms in total. The van der Waals surface area contributed by atoms with E-state index in [-0.39, 0.29) is 5.91 Å². The van der Waals surface area contributed by atoms with E-state index in [1.165, 1.54) is 6.20 Å². The van der Waals surface area contributed by atoms with Crippen molar-refractivity contribution in [3.8, 4) is 0 Å². The van der Waals surface area contributed by atoms with Crippen LogP contribution in [0.15, 0.2) is 28.9 Å². The van der Waals surface area contributed by atoms with E-state index in [4.69, 9.17) is 11.6 Å². The van der Waals surface area contributed by atoms with Gasteiger partial charge in [-0.2, -0.15) is 0 Å². The molecule has 1 N–H and O–H groups in total. The van der Waals surface area contributed by atoms with Crippen LogP contribution in [0.5, 0.6) is 0 Å². The summed E-state index contributed by atoms with van der Waals surface area (Å²) >= 11 is 9.55. The number of benzene rings is 1. The summed E-state index contributed by atoms with van der Waals surface area (Å²) in [5.74, 6) is -0.268. The molecule has 1 aromatic carbocycles. The quantitative estimate of drug-likeness (QED) is 0.852.